The van der Waals surface area contributed by atoms with Crippen LogP contribution in [0.15, 0.2) is 53.4 Å². The third-order valence-corrected chi connectivity index (χ3v) is 7.52. The molecular weight excluding hydrogens is 366 g/mol. The molecule has 0 aliphatic carbocycles. The van der Waals surface area contributed by atoms with Gasteiger partial charge in [0.1, 0.15) is 5.75 Å². The lowest BCUT2D eigenvalue weighted by molar-refractivity contribution is 0.272. The Morgan fingerprint density at radius 1 is 1.04 bits per heavy atom. The highest BCUT2D eigenvalue weighted by Gasteiger charge is 2.38. The van der Waals surface area contributed by atoms with Crippen molar-refractivity contribution in [1.82, 2.24) is 0 Å². The van der Waals surface area contributed by atoms with Crippen molar-refractivity contribution < 1.29 is 8.95 Å². The topological polar surface area (TPSA) is 29.5 Å². The van der Waals surface area contributed by atoms with Gasteiger partial charge in [-0.3, -0.25) is 4.21 Å². The molecule has 0 N–H and O–H groups in total. The van der Waals surface area contributed by atoms with Crippen molar-refractivity contribution in [2.75, 3.05) is 24.3 Å². The predicted molar refractivity (Wildman–Crippen MR) is 119 cm³/mol. The van der Waals surface area contributed by atoms with E-state index in [-0.39, 0.29) is 5.41 Å². The molecule has 0 saturated carbocycles. The molecule has 1 heterocycles. The molecule has 0 spiro atoms. The van der Waals surface area contributed by atoms with Gasteiger partial charge in [0.05, 0.1) is 28.5 Å². The van der Waals surface area contributed by atoms with E-state index in [0.29, 0.717) is 0 Å². The summed E-state index contributed by atoms with van der Waals surface area (Å²) in [6, 6.07) is 16.6. The van der Waals surface area contributed by atoms with Crippen molar-refractivity contribution in [1.29, 1.82) is 0 Å². The van der Waals surface area contributed by atoms with Crippen LogP contribution in [0.1, 0.15) is 52.4 Å². The first-order valence-electron chi connectivity index (χ1n) is 10.5. The number of hydrogen-bond donors (Lipinski definition) is 0. The van der Waals surface area contributed by atoms with Crippen LogP contribution in [0.3, 0.4) is 0 Å². The van der Waals surface area contributed by atoms with Crippen LogP contribution in [0.2, 0.25) is 0 Å². The number of unbranched alkanes of at least 4 members (excludes halogenated alkanes) is 2. The zero-order chi connectivity index (χ0) is 20.0. The molecule has 0 radical (unpaired) electrons. The number of rotatable bonds is 8. The highest BCUT2D eigenvalue weighted by Crippen LogP contribution is 2.44. The molecular formula is C24H33NO2S. The standard InChI is InChI=1S/C24H33NO2S/c1-4-6-15-24(16-7-5-2)18-25(20-11-9-8-10-12-20)22-14-13-21(27-3)17-23(22)28(26)19-24/h8-14,17H,4-7,15-16,18-19H2,1-3H3. The van der Waals surface area contributed by atoms with E-state index in [9.17, 15) is 4.21 Å². The summed E-state index contributed by atoms with van der Waals surface area (Å²) in [5.74, 6) is 1.51. The number of fused-ring (bicyclic) bond motifs is 1. The van der Waals surface area contributed by atoms with Gasteiger partial charge in [-0.25, -0.2) is 0 Å². The molecule has 152 valence electrons. The molecule has 0 aromatic heterocycles. The molecule has 2 aromatic rings. The second-order valence-corrected chi connectivity index (χ2v) is 9.37. The fraction of sp³-hybridized carbons (Fsp3) is 0.500. The average molecular weight is 400 g/mol. The molecule has 28 heavy (non-hydrogen) atoms. The maximum atomic E-state index is 13.5. The summed E-state index contributed by atoms with van der Waals surface area (Å²) >= 11 is 0. The van der Waals surface area contributed by atoms with E-state index in [4.69, 9.17) is 4.74 Å². The number of hydrogen-bond acceptors (Lipinski definition) is 3. The second kappa shape index (κ2) is 9.60. The molecule has 3 nitrogen and oxygen atoms in total. The average Bonchev–Trinajstić information content (AvgIpc) is 2.86. The molecule has 0 bridgehead atoms. The summed E-state index contributed by atoms with van der Waals surface area (Å²) in [5.41, 5.74) is 2.30. The normalized spacial score (nSPS) is 18.4. The highest BCUT2D eigenvalue weighted by atomic mass is 32.2. The molecule has 2 aromatic carbocycles. The summed E-state index contributed by atoms with van der Waals surface area (Å²) in [5, 5.41) is 0. The summed E-state index contributed by atoms with van der Waals surface area (Å²) in [6.45, 7) is 5.41. The smallest absolute Gasteiger partial charge is 0.120 e. The van der Waals surface area contributed by atoms with E-state index in [1.807, 2.05) is 12.1 Å². The van der Waals surface area contributed by atoms with Gasteiger partial charge in [0, 0.05) is 23.4 Å². The van der Waals surface area contributed by atoms with E-state index in [1.165, 1.54) is 31.4 Å². The quantitative estimate of drug-likeness (QED) is 0.520. The van der Waals surface area contributed by atoms with Gasteiger partial charge in [-0.1, -0.05) is 57.7 Å². The van der Waals surface area contributed by atoms with Crippen molar-refractivity contribution >= 4 is 22.2 Å². The minimum Gasteiger partial charge on any atom is -0.497 e. The minimum atomic E-state index is -1.04. The van der Waals surface area contributed by atoms with Crippen molar-refractivity contribution in [2.24, 2.45) is 5.41 Å². The SMILES string of the molecule is CCCCC1(CCCC)CN(c2ccccc2)c2ccc(OC)cc2S(=O)C1. The number of benzene rings is 2. The second-order valence-electron chi connectivity index (χ2n) is 7.95. The largest absolute Gasteiger partial charge is 0.497 e. The number of para-hydroxylation sites is 1. The maximum absolute atomic E-state index is 13.5. The van der Waals surface area contributed by atoms with Crippen LogP contribution in [-0.2, 0) is 10.8 Å². The molecule has 1 aliphatic rings. The summed E-state index contributed by atoms with van der Waals surface area (Å²) in [7, 11) is 0.633. The molecule has 1 unspecified atom stereocenters. The number of nitrogens with zero attached hydrogens (tertiary/aromatic N) is 1. The van der Waals surface area contributed by atoms with Crippen LogP contribution in [0.5, 0.6) is 5.75 Å². The van der Waals surface area contributed by atoms with E-state index < -0.39 is 10.8 Å². The van der Waals surface area contributed by atoms with Gasteiger partial charge in [0.2, 0.25) is 0 Å². The van der Waals surface area contributed by atoms with E-state index in [2.05, 4.69) is 55.1 Å². The molecule has 0 saturated heterocycles. The lowest BCUT2D eigenvalue weighted by atomic mass is 9.79. The number of anilines is 2. The molecule has 0 amide bonds. The van der Waals surface area contributed by atoms with Crippen molar-refractivity contribution in [3.63, 3.8) is 0 Å². The zero-order valence-electron chi connectivity index (χ0n) is 17.4. The summed E-state index contributed by atoms with van der Waals surface area (Å²) < 4.78 is 19.0. The Kier molecular flexibility index (Phi) is 7.17. The summed E-state index contributed by atoms with van der Waals surface area (Å²) in [6.07, 6.45) is 6.97. The molecule has 3 rings (SSSR count). The molecule has 1 atom stereocenters. The third kappa shape index (κ3) is 4.60. The van der Waals surface area contributed by atoms with Gasteiger partial charge in [-0.05, 0) is 43.2 Å². The monoisotopic (exact) mass is 399 g/mol. The fourth-order valence-corrected chi connectivity index (χ4v) is 5.97. The Balaban J connectivity index is 2.10. The zero-order valence-corrected chi connectivity index (χ0v) is 18.3. The Morgan fingerprint density at radius 3 is 2.32 bits per heavy atom. The molecule has 1 aliphatic heterocycles. The van der Waals surface area contributed by atoms with Gasteiger partial charge < -0.3 is 9.64 Å². The van der Waals surface area contributed by atoms with Crippen LogP contribution in [0, 0.1) is 5.41 Å². The van der Waals surface area contributed by atoms with Gasteiger partial charge in [-0.2, -0.15) is 0 Å². The van der Waals surface area contributed by atoms with E-state index >= 15 is 0 Å². The summed E-state index contributed by atoms with van der Waals surface area (Å²) in [4.78, 5) is 3.29. The van der Waals surface area contributed by atoms with Crippen molar-refractivity contribution in [2.45, 2.75) is 57.3 Å². The van der Waals surface area contributed by atoms with Crippen LogP contribution in [0.4, 0.5) is 11.4 Å². The Hall–Kier alpha value is -1.81. The van der Waals surface area contributed by atoms with Gasteiger partial charge >= 0.3 is 0 Å². The Bertz CT molecular complexity index is 782. The van der Waals surface area contributed by atoms with Crippen LogP contribution >= 0.6 is 0 Å². The Labute approximate surface area is 172 Å². The van der Waals surface area contributed by atoms with Crippen LogP contribution in [0.25, 0.3) is 0 Å². The first kappa shape index (κ1) is 20.9. The van der Waals surface area contributed by atoms with E-state index in [0.717, 1.165) is 41.5 Å². The van der Waals surface area contributed by atoms with Crippen molar-refractivity contribution in [3.05, 3.63) is 48.5 Å². The van der Waals surface area contributed by atoms with Crippen LogP contribution < -0.4 is 9.64 Å². The molecule has 4 heteroatoms. The number of ether oxygens (including phenoxy) is 1. The van der Waals surface area contributed by atoms with Crippen molar-refractivity contribution in [3.8, 4) is 5.75 Å². The Morgan fingerprint density at radius 2 is 1.71 bits per heavy atom. The van der Waals surface area contributed by atoms with Gasteiger partial charge in [0.25, 0.3) is 0 Å². The lowest BCUT2D eigenvalue weighted by Crippen LogP contribution is -2.37. The van der Waals surface area contributed by atoms with Crippen LogP contribution in [-0.4, -0.2) is 23.6 Å². The first-order chi connectivity index (χ1) is 13.6. The third-order valence-electron chi connectivity index (χ3n) is 5.82. The van der Waals surface area contributed by atoms with Gasteiger partial charge in [-0.15, -0.1) is 0 Å². The molecule has 0 fully saturated rings. The maximum Gasteiger partial charge on any atom is 0.120 e. The lowest BCUT2D eigenvalue weighted by Gasteiger charge is -2.37. The minimum absolute atomic E-state index is 0.0684. The first-order valence-corrected chi connectivity index (χ1v) is 11.8. The fourth-order valence-electron chi connectivity index (χ4n) is 4.22. The van der Waals surface area contributed by atoms with E-state index in [1.54, 1.807) is 7.11 Å². The number of methoxy groups -OCH3 is 1. The predicted octanol–water partition coefficient (Wildman–Crippen LogP) is 6.32. The van der Waals surface area contributed by atoms with Gasteiger partial charge in [0.15, 0.2) is 0 Å². The highest BCUT2D eigenvalue weighted by molar-refractivity contribution is 7.85.